The standard InChI is InChI=1S/C27H34N6O4.C26H32N6O3.C23H28N6O3/c1-27(16-35-17-27)18-36-22-14-30-26(31-15-22)32-19-2-4-21(5-3-19)37-24-13-20(33-8-10-34-11-9-33)12-23-25(24)29-7-6-28-23;1-2-33-12-7-19-17-29-26(30-18-19)31-20-3-5-22(6-4-20)35-24-16-21(32-10-13-34-14-11-32)15-23-25(24)28-9-8-27-23;1-28-14-20(26-15-28)23(30)27-16-2-4-18(5-3-16)32-21-13-17(29-8-10-31-11-9-29)12-19-22(21)25-7-6-24-19/h6-7,12-15,19,21H,2-5,8-11,16-18H2,1H3,(H,30,31,32);7-9,12,15-18,20,22H,2-6,10-11,13-14H2,1H3,(H,29,30,31);6-7,12-16,18H,2-5,8-11H2,1H3,(H,27,30)/b;12-7+;. The molecule has 0 unspecified atom stereocenters. The topological polar surface area (TPSA) is 293 Å². The summed E-state index contributed by atoms with van der Waals surface area (Å²) in [6.45, 7) is 16.4. The van der Waals surface area contributed by atoms with Crippen LogP contribution in [-0.2, 0) is 30.7 Å². The molecule has 6 aromatic heterocycles. The fraction of sp³-hybridized carbons (Fsp3) is 0.500. The minimum absolute atomic E-state index is 0.0862. The summed E-state index contributed by atoms with van der Waals surface area (Å²) in [6.07, 6.45) is 35.9. The van der Waals surface area contributed by atoms with Crippen LogP contribution in [0.5, 0.6) is 23.0 Å². The molecule has 0 bridgehead atoms. The van der Waals surface area contributed by atoms with Gasteiger partial charge in [-0.1, -0.05) is 6.92 Å². The summed E-state index contributed by atoms with van der Waals surface area (Å²) in [5, 5.41) is 10.0. The maximum absolute atomic E-state index is 12.4. The average molecular weight is 1420 g/mol. The molecule has 28 nitrogen and oxygen atoms in total. The third-order valence-corrected chi connectivity index (χ3v) is 19.9. The van der Waals surface area contributed by atoms with Gasteiger partial charge < -0.3 is 77.8 Å². The van der Waals surface area contributed by atoms with Crippen molar-refractivity contribution in [3.8, 4) is 23.0 Å². The van der Waals surface area contributed by atoms with Crippen LogP contribution in [0.2, 0.25) is 0 Å². The van der Waals surface area contributed by atoms with Crippen LogP contribution < -0.4 is 49.6 Å². The van der Waals surface area contributed by atoms with Crippen LogP contribution in [-0.4, -0.2) is 207 Å². The molecule has 548 valence electrons. The fourth-order valence-corrected chi connectivity index (χ4v) is 14.0. The van der Waals surface area contributed by atoms with Gasteiger partial charge in [-0.3, -0.25) is 19.7 Å². The van der Waals surface area contributed by atoms with Crippen molar-refractivity contribution in [2.75, 3.05) is 131 Å². The third kappa shape index (κ3) is 18.9. The van der Waals surface area contributed by atoms with E-state index >= 15 is 0 Å². The minimum atomic E-state index is -0.116. The lowest BCUT2D eigenvalue weighted by Gasteiger charge is -2.37. The van der Waals surface area contributed by atoms with E-state index in [-0.39, 0.29) is 35.7 Å². The number of amides is 1. The van der Waals surface area contributed by atoms with E-state index < -0.39 is 0 Å². The quantitative estimate of drug-likeness (QED) is 0.0564. The van der Waals surface area contributed by atoms with E-state index in [0.29, 0.717) is 48.6 Å². The predicted octanol–water partition coefficient (Wildman–Crippen LogP) is 9.86. The molecular weight excluding hydrogens is 1320 g/mol. The summed E-state index contributed by atoms with van der Waals surface area (Å²) in [5.41, 5.74) is 9.75. The van der Waals surface area contributed by atoms with Crippen LogP contribution in [0.25, 0.3) is 39.2 Å². The molecule has 1 amide bonds. The summed E-state index contributed by atoms with van der Waals surface area (Å²) in [4.78, 5) is 68.5. The fourth-order valence-electron chi connectivity index (χ4n) is 14.0. The zero-order valence-corrected chi connectivity index (χ0v) is 59.6. The Bertz CT molecular complexity index is 4260. The molecule has 104 heavy (non-hydrogen) atoms. The van der Waals surface area contributed by atoms with Crippen molar-refractivity contribution in [3.05, 3.63) is 128 Å². The molecule has 10 heterocycles. The number of carbonyl (C=O) groups is 1. The highest BCUT2D eigenvalue weighted by Crippen LogP contribution is 2.38. The molecule has 3 N–H and O–H groups in total. The number of nitrogens with one attached hydrogen (secondary N) is 3. The predicted molar refractivity (Wildman–Crippen MR) is 395 cm³/mol. The van der Waals surface area contributed by atoms with Crippen LogP contribution in [0.4, 0.5) is 29.0 Å². The lowest BCUT2D eigenvalue weighted by Crippen LogP contribution is -2.44. The van der Waals surface area contributed by atoms with E-state index in [1.807, 2.05) is 20.0 Å². The van der Waals surface area contributed by atoms with Crippen molar-refractivity contribution >= 4 is 74.0 Å². The summed E-state index contributed by atoms with van der Waals surface area (Å²) < 4.78 is 54.2. The second-order valence-electron chi connectivity index (χ2n) is 27.8. The number of ether oxygens (including phenoxy) is 9. The van der Waals surface area contributed by atoms with Gasteiger partial charge in [0.15, 0.2) is 5.75 Å². The highest BCUT2D eigenvalue weighted by atomic mass is 16.5. The minimum Gasteiger partial charge on any atom is -0.501 e. The largest absolute Gasteiger partial charge is 0.501 e. The van der Waals surface area contributed by atoms with E-state index in [2.05, 4.69) is 129 Å². The first kappa shape index (κ1) is 71.1. The van der Waals surface area contributed by atoms with Gasteiger partial charge in [-0.05, 0) is 108 Å². The van der Waals surface area contributed by atoms with Gasteiger partial charge in [0, 0.05) is 166 Å². The van der Waals surface area contributed by atoms with Crippen LogP contribution in [0.3, 0.4) is 0 Å². The number of fused-ring (bicyclic) bond motifs is 3. The first-order chi connectivity index (χ1) is 51.1. The molecule has 4 aliphatic heterocycles. The van der Waals surface area contributed by atoms with Gasteiger partial charge in [0.05, 0.1) is 126 Å². The zero-order chi connectivity index (χ0) is 70.9. The molecule has 16 rings (SSSR count). The van der Waals surface area contributed by atoms with Gasteiger partial charge in [0.2, 0.25) is 11.9 Å². The number of nitrogens with zero attached hydrogens (tertiary/aromatic N) is 15. The SMILES string of the molecule is CC1(COc2cnc(NC3CCC(Oc4cc(N5CCOCC5)cc5nccnc45)CC3)nc2)COC1.CCO/C=C/c1cnc(NC2CCC(Oc3cc(N4CCOCC4)cc4nccnc34)CC2)nc1.Cn1cnc(C(=O)NC2CCC(Oc3cc(N4CCOCC4)cc4nccnc34)CC2)c1. The molecule has 9 aromatic rings. The Morgan fingerprint density at radius 1 is 0.510 bits per heavy atom. The molecule has 7 aliphatic rings. The maximum atomic E-state index is 12.4. The van der Waals surface area contributed by atoms with Crippen LogP contribution in [0.15, 0.2) is 117 Å². The number of morpholine rings is 3. The molecule has 0 spiro atoms. The number of anilines is 5. The highest BCUT2D eigenvalue weighted by Gasteiger charge is 2.35. The Hall–Kier alpha value is -9.90. The van der Waals surface area contributed by atoms with Crippen LogP contribution in [0, 0.1) is 5.41 Å². The molecule has 3 saturated carbocycles. The maximum Gasteiger partial charge on any atom is 0.271 e. The zero-order valence-electron chi connectivity index (χ0n) is 59.6. The molecule has 4 saturated heterocycles. The second-order valence-corrected chi connectivity index (χ2v) is 27.8. The Morgan fingerprint density at radius 2 is 0.913 bits per heavy atom. The number of hydrogen-bond acceptors (Lipinski definition) is 26. The number of rotatable bonds is 21. The van der Waals surface area contributed by atoms with Crippen molar-refractivity contribution in [1.29, 1.82) is 0 Å². The first-order valence-electron chi connectivity index (χ1n) is 36.7. The van der Waals surface area contributed by atoms with Crippen LogP contribution >= 0.6 is 0 Å². The third-order valence-electron chi connectivity index (χ3n) is 19.9. The number of benzene rings is 3. The Labute approximate surface area is 605 Å². The average Bonchev–Trinajstić information content (AvgIpc) is 0.825. The van der Waals surface area contributed by atoms with Crippen LogP contribution in [0.1, 0.15) is 107 Å². The lowest BCUT2D eigenvalue weighted by molar-refractivity contribution is -0.120. The van der Waals surface area contributed by atoms with Crippen molar-refractivity contribution in [2.24, 2.45) is 12.5 Å². The second kappa shape index (κ2) is 34.6. The monoisotopic (exact) mass is 1420 g/mol. The van der Waals surface area contributed by atoms with E-state index in [1.54, 1.807) is 85.3 Å². The van der Waals surface area contributed by atoms with Gasteiger partial charge in [-0.15, -0.1) is 0 Å². The summed E-state index contributed by atoms with van der Waals surface area (Å²) in [6, 6.07) is 13.4. The Morgan fingerprint density at radius 3 is 1.30 bits per heavy atom. The number of imidazole rings is 1. The van der Waals surface area contributed by atoms with E-state index in [4.69, 9.17) is 42.6 Å². The van der Waals surface area contributed by atoms with Crippen molar-refractivity contribution in [3.63, 3.8) is 0 Å². The molecule has 3 aromatic carbocycles. The molecule has 0 atom stereocenters. The lowest BCUT2D eigenvalue weighted by atomic mass is 9.90. The highest BCUT2D eigenvalue weighted by molar-refractivity contribution is 5.92. The van der Waals surface area contributed by atoms with Gasteiger partial charge in [-0.25, -0.2) is 39.9 Å². The number of aromatic nitrogens is 12. The van der Waals surface area contributed by atoms with Crippen molar-refractivity contribution in [1.82, 2.24) is 64.7 Å². The summed E-state index contributed by atoms with van der Waals surface area (Å²) in [5.74, 6) is 4.26. The molecule has 28 heteroatoms. The van der Waals surface area contributed by atoms with E-state index in [1.165, 1.54) is 0 Å². The molecular formula is C76H94N18O10. The molecule has 0 radical (unpaired) electrons. The number of aryl methyl sites for hydroxylation is 1. The normalized spacial score (nSPS) is 21.9. The van der Waals surface area contributed by atoms with E-state index in [9.17, 15) is 4.79 Å². The number of hydrogen-bond donors (Lipinski definition) is 3. The molecule has 7 fully saturated rings. The van der Waals surface area contributed by atoms with E-state index in [0.717, 1.165) is 242 Å². The number of carbonyl (C=O) groups excluding carboxylic acids is 1. The van der Waals surface area contributed by atoms with Gasteiger partial charge in [-0.2, -0.15) is 0 Å². The van der Waals surface area contributed by atoms with Gasteiger partial charge >= 0.3 is 0 Å². The van der Waals surface area contributed by atoms with Crippen molar-refractivity contribution < 1.29 is 47.4 Å². The summed E-state index contributed by atoms with van der Waals surface area (Å²) in [7, 11) is 1.86. The Balaban J connectivity index is 0.000000132. The smallest absolute Gasteiger partial charge is 0.271 e. The Kier molecular flexibility index (Phi) is 23.6. The molecule has 3 aliphatic carbocycles. The van der Waals surface area contributed by atoms with Gasteiger partial charge in [0.25, 0.3) is 5.91 Å². The van der Waals surface area contributed by atoms with Crippen molar-refractivity contribution in [2.45, 2.75) is 127 Å². The first-order valence-corrected chi connectivity index (χ1v) is 36.7. The van der Waals surface area contributed by atoms with Gasteiger partial charge in [0.1, 0.15) is 39.5 Å². The summed E-state index contributed by atoms with van der Waals surface area (Å²) >= 11 is 0.